The van der Waals surface area contributed by atoms with Crippen LogP contribution in [0.25, 0.3) is 0 Å². The third kappa shape index (κ3) is 2.92. The van der Waals surface area contributed by atoms with Crippen molar-refractivity contribution in [2.45, 2.75) is 45.7 Å². The molecular formula is C13H19BrN2O. The average Bonchev–Trinajstić information content (AvgIpc) is 3.01. The normalized spacial score (nSPS) is 17.2. The second-order valence-corrected chi connectivity index (χ2v) is 6.06. The first kappa shape index (κ1) is 12.7. The van der Waals surface area contributed by atoms with E-state index in [1.165, 1.54) is 12.8 Å². The van der Waals surface area contributed by atoms with Crippen LogP contribution in [0.15, 0.2) is 16.7 Å². The van der Waals surface area contributed by atoms with Gasteiger partial charge in [-0.05, 0) is 61.5 Å². The molecule has 94 valence electrons. The molecule has 0 saturated heterocycles. The van der Waals surface area contributed by atoms with Crippen LogP contribution >= 0.6 is 15.9 Å². The molecule has 2 rings (SSSR count). The van der Waals surface area contributed by atoms with Crippen molar-refractivity contribution in [2.75, 3.05) is 0 Å². The van der Waals surface area contributed by atoms with Gasteiger partial charge in [0.2, 0.25) is 0 Å². The second-order valence-electron chi connectivity index (χ2n) is 5.14. The Bertz CT molecular complexity index is 421. The van der Waals surface area contributed by atoms with Crippen LogP contribution in [0.3, 0.4) is 0 Å². The lowest BCUT2D eigenvalue weighted by Gasteiger charge is -2.16. The number of hydrogen-bond donors (Lipinski definition) is 1. The number of rotatable bonds is 4. The van der Waals surface area contributed by atoms with E-state index >= 15 is 0 Å². The standard InChI is InChI=1S/C13H19BrN2O/c1-8(2)16-7-11(14)6-12(16)13(17)15-9(3)10-4-5-10/h6-10H,4-5H2,1-3H3,(H,15,17). The van der Waals surface area contributed by atoms with Crippen molar-refractivity contribution in [1.29, 1.82) is 0 Å². The van der Waals surface area contributed by atoms with Crippen LogP contribution in [0.5, 0.6) is 0 Å². The fourth-order valence-corrected chi connectivity index (χ4v) is 2.49. The van der Waals surface area contributed by atoms with E-state index in [9.17, 15) is 4.79 Å². The fraction of sp³-hybridized carbons (Fsp3) is 0.615. The average molecular weight is 299 g/mol. The summed E-state index contributed by atoms with van der Waals surface area (Å²) in [4.78, 5) is 12.2. The van der Waals surface area contributed by atoms with Crippen molar-refractivity contribution >= 4 is 21.8 Å². The molecule has 1 atom stereocenters. The Morgan fingerprint density at radius 3 is 2.65 bits per heavy atom. The van der Waals surface area contributed by atoms with Gasteiger partial charge in [-0.1, -0.05) is 0 Å². The third-order valence-electron chi connectivity index (χ3n) is 3.29. The summed E-state index contributed by atoms with van der Waals surface area (Å²) in [5, 5.41) is 3.09. The van der Waals surface area contributed by atoms with E-state index in [-0.39, 0.29) is 11.9 Å². The van der Waals surface area contributed by atoms with E-state index < -0.39 is 0 Å². The summed E-state index contributed by atoms with van der Waals surface area (Å²) in [6, 6.07) is 2.46. The lowest BCUT2D eigenvalue weighted by atomic mass is 10.2. The number of nitrogens with one attached hydrogen (secondary N) is 1. The van der Waals surface area contributed by atoms with Crippen LogP contribution in [0.4, 0.5) is 0 Å². The molecule has 0 aliphatic heterocycles. The molecule has 0 bridgehead atoms. The zero-order valence-electron chi connectivity index (χ0n) is 10.5. The first-order valence-electron chi connectivity index (χ1n) is 6.17. The minimum atomic E-state index is 0.0313. The fourth-order valence-electron chi connectivity index (χ4n) is 2.05. The monoisotopic (exact) mass is 298 g/mol. The van der Waals surface area contributed by atoms with Gasteiger partial charge in [0.25, 0.3) is 5.91 Å². The van der Waals surface area contributed by atoms with Crippen LogP contribution in [0.2, 0.25) is 0 Å². The van der Waals surface area contributed by atoms with Crippen LogP contribution in [0, 0.1) is 5.92 Å². The van der Waals surface area contributed by atoms with Gasteiger partial charge >= 0.3 is 0 Å². The van der Waals surface area contributed by atoms with Crippen LogP contribution in [-0.2, 0) is 0 Å². The van der Waals surface area contributed by atoms with E-state index in [4.69, 9.17) is 0 Å². The largest absolute Gasteiger partial charge is 0.348 e. The van der Waals surface area contributed by atoms with Gasteiger partial charge < -0.3 is 9.88 Å². The Kier molecular flexibility index (Phi) is 3.61. The SMILES string of the molecule is CC(NC(=O)c1cc(Br)cn1C(C)C)C1CC1. The van der Waals surface area contributed by atoms with E-state index in [1.54, 1.807) is 0 Å². The summed E-state index contributed by atoms with van der Waals surface area (Å²) < 4.78 is 2.95. The molecule has 1 aliphatic rings. The highest BCUT2D eigenvalue weighted by Crippen LogP contribution is 2.32. The third-order valence-corrected chi connectivity index (χ3v) is 3.73. The predicted octanol–water partition coefficient (Wildman–Crippen LogP) is 3.36. The summed E-state index contributed by atoms with van der Waals surface area (Å²) in [7, 11) is 0. The molecule has 1 aliphatic carbocycles. The molecule has 1 aromatic heterocycles. The van der Waals surface area contributed by atoms with Gasteiger partial charge in [-0.3, -0.25) is 4.79 Å². The maximum Gasteiger partial charge on any atom is 0.268 e. The highest BCUT2D eigenvalue weighted by atomic mass is 79.9. The van der Waals surface area contributed by atoms with Gasteiger partial charge in [0.1, 0.15) is 5.69 Å². The molecule has 1 N–H and O–H groups in total. The quantitative estimate of drug-likeness (QED) is 0.909. The minimum Gasteiger partial charge on any atom is -0.348 e. The molecule has 4 heteroatoms. The zero-order valence-corrected chi connectivity index (χ0v) is 12.1. The Labute approximate surface area is 111 Å². The van der Waals surface area contributed by atoms with Crippen molar-refractivity contribution in [3.63, 3.8) is 0 Å². The lowest BCUT2D eigenvalue weighted by Crippen LogP contribution is -2.35. The molecule has 0 aromatic carbocycles. The van der Waals surface area contributed by atoms with E-state index in [2.05, 4.69) is 42.0 Å². The number of halogens is 1. The maximum absolute atomic E-state index is 12.2. The topological polar surface area (TPSA) is 34.0 Å². The number of amides is 1. The molecule has 0 spiro atoms. The molecule has 1 fully saturated rings. The van der Waals surface area contributed by atoms with E-state index in [0.29, 0.717) is 12.0 Å². The number of aromatic nitrogens is 1. The summed E-state index contributed by atoms with van der Waals surface area (Å²) in [6.45, 7) is 6.24. The van der Waals surface area contributed by atoms with Crippen molar-refractivity contribution in [3.05, 3.63) is 22.4 Å². The van der Waals surface area contributed by atoms with Crippen LogP contribution in [0.1, 0.15) is 50.1 Å². The van der Waals surface area contributed by atoms with Gasteiger partial charge in [0, 0.05) is 22.8 Å². The zero-order chi connectivity index (χ0) is 12.6. The second kappa shape index (κ2) is 4.84. The molecule has 1 unspecified atom stereocenters. The first-order valence-corrected chi connectivity index (χ1v) is 6.96. The van der Waals surface area contributed by atoms with Crippen molar-refractivity contribution in [3.8, 4) is 0 Å². The molecule has 3 nitrogen and oxygen atoms in total. The maximum atomic E-state index is 12.2. The van der Waals surface area contributed by atoms with Crippen molar-refractivity contribution < 1.29 is 4.79 Å². The van der Waals surface area contributed by atoms with Crippen LogP contribution in [-0.4, -0.2) is 16.5 Å². The molecule has 1 aromatic rings. The predicted molar refractivity (Wildman–Crippen MR) is 72.2 cm³/mol. The van der Waals surface area contributed by atoms with Gasteiger partial charge in [-0.2, -0.15) is 0 Å². The Balaban J connectivity index is 2.12. The van der Waals surface area contributed by atoms with Crippen LogP contribution < -0.4 is 5.32 Å². The Morgan fingerprint density at radius 2 is 2.12 bits per heavy atom. The lowest BCUT2D eigenvalue weighted by molar-refractivity contribution is 0.0925. The van der Waals surface area contributed by atoms with Gasteiger partial charge in [0.15, 0.2) is 0 Å². The summed E-state index contributed by atoms with van der Waals surface area (Å²) in [5.74, 6) is 0.716. The molecule has 17 heavy (non-hydrogen) atoms. The molecule has 1 amide bonds. The van der Waals surface area contributed by atoms with E-state index in [0.717, 1.165) is 10.2 Å². The van der Waals surface area contributed by atoms with Crippen molar-refractivity contribution in [2.24, 2.45) is 5.92 Å². The smallest absolute Gasteiger partial charge is 0.268 e. The summed E-state index contributed by atoms with van der Waals surface area (Å²) >= 11 is 3.43. The first-order chi connectivity index (χ1) is 7.99. The summed E-state index contributed by atoms with van der Waals surface area (Å²) in [5.41, 5.74) is 0.736. The Morgan fingerprint density at radius 1 is 1.47 bits per heavy atom. The van der Waals surface area contributed by atoms with Gasteiger partial charge in [-0.15, -0.1) is 0 Å². The highest BCUT2D eigenvalue weighted by Gasteiger charge is 2.29. The molecular weight excluding hydrogens is 280 g/mol. The van der Waals surface area contributed by atoms with E-state index in [1.807, 2.05) is 16.8 Å². The molecule has 1 saturated carbocycles. The van der Waals surface area contributed by atoms with Gasteiger partial charge in [0.05, 0.1) is 0 Å². The number of nitrogens with zero attached hydrogens (tertiary/aromatic N) is 1. The van der Waals surface area contributed by atoms with Crippen molar-refractivity contribution in [1.82, 2.24) is 9.88 Å². The highest BCUT2D eigenvalue weighted by molar-refractivity contribution is 9.10. The summed E-state index contributed by atoms with van der Waals surface area (Å²) in [6.07, 6.45) is 4.45. The number of carbonyl (C=O) groups excluding carboxylic acids is 1. The van der Waals surface area contributed by atoms with Gasteiger partial charge in [-0.25, -0.2) is 0 Å². The molecule has 0 radical (unpaired) electrons. The Hall–Kier alpha value is -0.770. The minimum absolute atomic E-state index is 0.0313. The molecule has 1 heterocycles. The number of carbonyl (C=O) groups is 1. The number of hydrogen-bond acceptors (Lipinski definition) is 1.